The fraction of sp³-hybridized carbons (Fsp3) is 0.318. The van der Waals surface area contributed by atoms with Gasteiger partial charge in [0.15, 0.2) is 5.82 Å². The molecule has 1 aliphatic rings. The highest BCUT2D eigenvalue weighted by atomic mass is 19.1. The molecule has 1 saturated heterocycles. The molecule has 2 aromatic heterocycles. The minimum Gasteiger partial charge on any atom is -0.494 e. The van der Waals surface area contributed by atoms with Crippen LogP contribution < -0.4 is 14.5 Å². The average molecular weight is 393 g/mol. The lowest BCUT2D eigenvalue weighted by molar-refractivity contribution is 0.410. The first-order chi connectivity index (χ1) is 14.2. The second-order valence-corrected chi connectivity index (χ2v) is 6.90. The van der Waals surface area contributed by atoms with E-state index < -0.39 is 0 Å². The van der Waals surface area contributed by atoms with Crippen LogP contribution in [0.4, 0.5) is 15.9 Å². The molecule has 6 nitrogen and oxygen atoms in total. The highest BCUT2D eigenvalue weighted by Crippen LogP contribution is 2.30. The Morgan fingerprint density at radius 2 is 1.79 bits per heavy atom. The molecule has 0 bridgehead atoms. The lowest BCUT2D eigenvalue weighted by Crippen LogP contribution is -2.47. The Kier molecular flexibility index (Phi) is 5.55. The fourth-order valence-corrected chi connectivity index (χ4v) is 3.52. The molecule has 1 aromatic carbocycles. The van der Waals surface area contributed by atoms with E-state index in [-0.39, 0.29) is 5.82 Å². The first kappa shape index (κ1) is 19.1. The van der Waals surface area contributed by atoms with Crippen molar-refractivity contribution in [2.75, 3.05) is 43.1 Å². The summed E-state index contributed by atoms with van der Waals surface area (Å²) in [6.45, 7) is 5.30. The molecule has 1 aliphatic heterocycles. The van der Waals surface area contributed by atoms with E-state index in [0.717, 1.165) is 55.5 Å². The molecule has 4 rings (SSSR count). The van der Waals surface area contributed by atoms with Crippen molar-refractivity contribution in [3.63, 3.8) is 0 Å². The Balaban J connectivity index is 1.54. The molecule has 0 N–H and O–H groups in total. The molecule has 29 heavy (non-hydrogen) atoms. The summed E-state index contributed by atoms with van der Waals surface area (Å²) in [6.07, 6.45) is 2.59. The number of rotatable bonds is 5. The van der Waals surface area contributed by atoms with E-state index in [4.69, 9.17) is 9.72 Å². The van der Waals surface area contributed by atoms with Crippen LogP contribution in [-0.4, -0.2) is 48.2 Å². The second-order valence-electron chi connectivity index (χ2n) is 6.90. The maximum Gasteiger partial charge on any atom is 0.180 e. The van der Waals surface area contributed by atoms with E-state index in [9.17, 15) is 4.39 Å². The lowest BCUT2D eigenvalue weighted by atomic mass is 10.2. The molecular formula is C22H24FN5O. The monoisotopic (exact) mass is 393 g/mol. The van der Waals surface area contributed by atoms with Crippen LogP contribution in [0.2, 0.25) is 0 Å². The quantitative estimate of drug-likeness (QED) is 0.661. The van der Waals surface area contributed by atoms with Crippen LogP contribution in [0.15, 0.2) is 48.7 Å². The molecule has 0 spiro atoms. The van der Waals surface area contributed by atoms with Crippen molar-refractivity contribution in [3.05, 3.63) is 60.2 Å². The normalized spacial score (nSPS) is 14.2. The average Bonchev–Trinajstić information content (AvgIpc) is 2.79. The van der Waals surface area contributed by atoms with E-state index in [1.165, 1.54) is 12.1 Å². The Bertz CT molecular complexity index is 974. The molecular weight excluding hydrogens is 369 g/mol. The molecule has 7 heteroatoms. The standard InChI is InChI=1S/C22H24FN5O/c1-3-17-15-21(26-22(25-17)18-6-4-5-9-24-18)28-12-10-27(11-13-28)19-8-7-16(23)14-20(19)29-2/h4-9,14-15H,3,10-13H2,1-2H3. The SMILES string of the molecule is CCc1cc(N2CCN(c3ccc(F)cc3OC)CC2)nc(-c2ccccn2)n1. The number of ether oxygens (including phenoxy) is 1. The van der Waals surface area contributed by atoms with Crippen molar-refractivity contribution in [1.29, 1.82) is 0 Å². The van der Waals surface area contributed by atoms with Gasteiger partial charge in [-0.15, -0.1) is 0 Å². The van der Waals surface area contributed by atoms with Gasteiger partial charge >= 0.3 is 0 Å². The van der Waals surface area contributed by atoms with Crippen LogP contribution in [0.1, 0.15) is 12.6 Å². The summed E-state index contributed by atoms with van der Waals surface area (Å²) in [5.74, 6) is 1.84. The van der Waals surface area contributed by atoms with Crippen molar-refractivity contribution in [3.8, 4) is 17.3 Å². The van der Waals surface area contributed by atoms with Crippen molar-refractivity contribution in [2.24, 2.45) is 0 Å². The number of anilines is 2. The first-order valence-electron chi connectivity index (χ1n) is 9.80. The van der Waals surface area contributed by atoms with Crippen LogP contribution in [0.25, 0.3) is 11.5 Å². The summed E-state index contributed by atoms with van der Waals surface area (Å²) in [4.78, 5) is 18.3. The van der Waals surface area contributed by atoms with Gasteiger partial charge in [0.2, 0.25) is 0 Å². The fourth-order valence-electron chi connectivity index (χ4n) is 3.52. The number of pyridine rings is 1. The predicted molar refractivity (Wildman–Crippen MR) is 112 cm³/mol. The van der Waals surface area contributed by atoms with Gasteiger partial charge in [0.05, 0.1) is 12.8 Å². The van der Waals surface area contributed by atoms with E-state index in [1.807, 2.05) is 18.2 Å². The van der Waals surface area contributed by atoms with E-state index in [0.29, 0.717) is 11.6 Å². The zero-order chi connectivity index (χ0) is 20.2. The summed E-state index contributed by atoms with van der Waals surface area (Å²) >= 11 is 0. The zero-order valence-corrected chi connectivity index (χ0v) is 16.7. The minimum atomic E-state index is -0.292. The number of aryl methyl sites for hydroxylation is 1. The Morgan fingerprint density at radius 1 is 1.00 bits per heavy atom. The Morgan fingerprint density at radius 3 is 2.48 bits per heavy atom. The third-order valence-corrected chi connectivity index (χ3v) is 5.11. The number of benzene rings is 1. The number of aromatic nitrogens is 3. The third kappa shape index (κ3) is 4.13. The number of methoxy groups -OCH3 is 1. The molecule has 3 heterocycles. The Labute approximate surface area is 170 Å². The van der Waals surface area contributed by atoms with E-state index in [2.05, 4.69) is 32.8 Å². The predicted octanol–water partition coefficient (Wildman–Crippen LogP) is 3.58. The smallest absolute Gasteiger partial charge is 0.180 e. The molecule has 150 valence electrons. The van der Waals surface area contributed by atoms with Crippen molar-refractivity contribution < 1.29 is 9.13 Å². The number of hydrogen-bond acceptors (Lipinski definition) is 6. The van der Waals surface area contributed by atoms with Crippen LogP contribution in [-0.2, 0) is 6.42 Å². The molecule has 0 radical (unpaired) electrons. The topological polar surface area (TPSA) is 54.4 Å². The first-order valence-corrected chi connectivity index (χ1v) is 9.80. The third-order valence-electron chi connectivity index (χ3n) is 5.11. The highest BCUT2D eigenvalue weighted by molar-refractivity contribution is 5.60. The number of nitrogens with zero attached hydrogens (tertiary/aromatic N) is 5. The second kappa shape index (κ2) is 8.43. The van der Waals surface area contributed by atoms with Crippen molar-refractivity contribution in [1.82, 2.24) is 15.0 Å². The molecule has 0 unspecified atom stereocenters. The highest BCUT2D eigenvalue weighted by Gasteiger charge is 2.22. The van der Waals surface area contributed by atoms with E-state index in [1.54, 1.807) is 19.4 Å². The molecule has 3 aromatic rings. The van der Waals surface area contributed by atoms with E-state index >= 15 is 0 Å². The summed E-state index contributed by atoms with van der Waals surface area (Å²) < 4.78 is 18.9. The van der Waals surface area contributed by atoms with Gasteiger partial charge in [-0.25, -0.2) is 14.4 Å². The van der Waals surface area contributed by atoms with Crippen LogP contribution in [0.3, 0.4) is 0 Å². The van der Waals surface area contributed by atoms with Crippen molar-refractivity contribution in [2.45, 2.75) is 13.3 Å². The van der Waals surface area contributed by atoms with Crippen LogP contribution in [0, 0.1) is 5.82 Å². The van der Waals surface area contributed by atoms with Gasteiger partial charge in [0.1, 0.15) is 23.1 Å². The summed E-state index contributed by atoms with van der Waals surface area (Å²) in [5, 5.41) is 0. The van der Waals surface area contributed by atoms with Gasteiger partial charge in [-0.1, -0.05) is 13.0 Å². The maximum absolute atomic E-state index is 13.5. The zero-order valence-electron chi connectivity index (χ0n) is 16.7. The lowest BCUT2D eigenvalue weighted by Gasteiger charge is -2.37. The molecule has 0 saturated carbocycles. The van der Waals surface area contributed by atoms with Gasteiger partial charge in [0, 0.05) is 50.2 Å². The molecule has 0 amide bonds. The number of halogens is 1. The molecule has 0 atom stereocenters. The van der Waals surface area contributed by atoms with Crippen molar-refractivity contribution >= 4 is 11.5 Å². The summed E-state index contributed by atoms with van der Waals surface area (Å²) in [6, 6.07) is 12.5. The van der Waals surface area contributed by atoms with Gasteiger partial charge in [-0.05, 0) is 30.7 Å². The van der Waals surface area contributed by atoms with Gasteiger partial charge in [0.25, 0.3) is 0 Å². The Hall–Kier alpha value is -3.22. The van der Waals surface area contributed by atoms with Crippen LogP contribution in [0.5, 0.6) is 5.75 Å². The number of piperazine rings is 1. The van der Waals surface area contributed by atoms with Gasteiger partial charge < -0.3 is 14.5 Å². The largest absolute Gasteiger partial charge is 0.494 e. The van der Waals surface area contributed by atoms with Crippen LogP contribution >= 0.6 is 0 Å². The summed E-state index contributed by atoms with van der Waals surface area (Å²) in [7, 11) is 1.57. The maximum atomic E-state index is 13.5. The minimum absolute atomic E-state index is 0.292. The number of hydrogen-bond donors (Lipinski definition) is 0. The van der Waals surface area contributed by atoms with Gasteiger partial charge in [-0.2, -0.15) is 0 Å². The summed E-state index contributed by atoms with van der Waals surface area (Å²) in [5.41, 5.74) is 2.69. The molecule has 0 aliphatic carbocycles. The van der Waals surface area contributed by atoms with Gasteiger partial charge in [-0.3, -0.25) is 4.98 Å². The molecule has 1 fully saturated rings.